The minimum absolute atomic E-state index is 0.381. The molecule has 0 saturated heterocycles. The molecule has 2 aromatic rings. The molecule has 1 N–H and O–H groups in total. The van der Waals surface area contributed by atoms with E-state index < -0.39 is 0 Å². The average molecular weight is 239 g/mol. The van der Waals surface area contributed by atoms with Gasteiger partial charge in [0.15, 0.2) is 0 Å². The van der Waals surface area contributed by atoms with Gasteiger partial charge < -0.3 is 5.32 Å². The molecule has 0 amide bonds. The first-order valence-corrected chi connectivity index (χ1v) is 6.51. The van der Waals surface area contributed by atoms with E-state index in [9.17, 15) is 0 Å². The van der Waals surface area contributed by atoms with Gasteiger partial charge in [-0.1, -0.05) is 54.1 Å². The largest absolute Gasteiger partial charge is 0.306 e. The average Bonchev–Trinajstić information content (AvgIpc) is 2.37. The third-order valence-corrected chi connectivity index (χ3v) is 3.35. The van der Waals surface area contributed by atoms with Crippen LogP contribution < -0.4 is 5.32 Å². The molecule has 0 aliphatic carbocycles. The van der Waals surface area contributed by atoms with Crippen LogP contribution in [0.1, 0.15) is 35.2 Å². The Bertz CT molecular complexity index is 517. The molecule has 0 saturated carbocycles. The van der Waals surface area contributed by atoms with Crippen molar-refractivity contribution in [2.24, 2.45) is 0 Å². The highest BCUT2D eigenvalue weighted by Gasteiger charge is 2.06. The Morgan fingerprint density at radius 1 is 1.00 bits per heavy atom. The zero-order valence-electron chi connectivity index (χ0n) is 11.4. The van der Waals surface area contributed by atoms with E-state index in [-0.39, 0.29) is 0 Å². The lowest BCUT2D eigenvalue weighted by molar-refractivity contribution is 0.572. The normalized spacial score (nSPS) is 12.4. The van der Waals surface area contributed by atoms with Crippen molar-refractivity contribution in [2.75, 3.05) is 0 Å². The maximum Gasteiger partial charge on any atom is 0.0297 e. The molecule has 0 heterocycles. The van der Waals surface area contributed by atoms with Gasteiger partial charge in [-0.15, -0.1) is 0 Å². The maximum absolute atomic E-state index is 3.58. The summed E-state index contributed by atoms with van der Waals surface area (Å²) >= 11 is 0. The first-order valence-electron chi connectivity index (χ1n) is 6.51. The fourth-order valence-corrected chi connectivity index (χ4v) is 2.28. The van der Waals surface area contributed by atoms with Crippen molar-refractivity contribution in [2.45, 2.75) is 33.4 Å². The zero-order valence-corrected chi connectivity index (χ0v) is 11.4. The van der Waals surface area contributed by atoms with Gasteiger partial charge in [-0.2, -0.15) is 0 Å². The Balaban J connectivity index is 2.00. The molecule has 1 heteroatoms. The molecular weight excluding hydrogens is 218 g/mol. The maximum atomic E-state index is 3.58. The van der Waals surface area contributed by atoms with E-state index in [1.54, 1.807) is 0 Å². The predicted octanol–water partition coefficient (Wildman–Crippen LogP) is 4.15. The lowest BCUT2D eigenvalue weighted by Crippen LogP contribution is -2.18. The molecule has 0 bridgehead atoms. The Labute approximate surface area is 110 Å². The standard InChI is InChI=1S/C17H21N/c1-13-7-6-9-16(11-13)12-18-15(3)17-10-5-4-8-14(17)2/h4-11,15,18H,12H2,1-3H3/t15-/m0/s1. The van der Waals surface area contributed by atoms with Crippen molar-refractivity contribution in [3.05, 3.63) is 70.8 Å². The summed E-state index contributed by atoms with van der Waals surface area (Å²) in [5.74, 6) is 0. The van der Waals surface area contributed by atoms with Crippen molar-refractivity contribution in [3.63, 3.8) is 0 Å². The molecule has 0 aliphatic rings. The molecule has 2 rings (SSSR count). The summed E-state index contributed by atoms with van der Waals surface area (Å²) in [7, 11) is 0. The Morgan fingerprint density at radius 3 is 2.50 bits per heavy atom. The van der Waals surface area contributed by atoms with Gasteiger partial charge in [0, 0.05) is 12.6 Å². The third kappa shape index (κ3) is 3.21. The lowest BCUT2D eigenvalue weighted by atomic mass is 10.0. The number of hydrogen-bond donors (Lipinski definition) is 1. The molecule has 18 heavy (non-hydrogen) atoms. The van der Waals surface area contributed by atoms with Crippen LogP contribution in [0.2, 0.25) is 0 Å². The van der Waals surface area contributed by atoms with Gasteiger partial charge in [0.2, 0.25) is 0 Å². The minimum Gasteiger partial charge on any atom is -0.306 e. The predicted molar refractivity (Wildman–Crippen MR) is 77.6 cm³/mol. The molecule has 2 aromatic carbocycles. The number of benzene rings is 2. The SMILES string of the molecule is Cc1cccc(CN[C@@H](C)c2ccccc2C)c1. The van der Waals surface area contributed by atoms with Crippen molar-refractivity contribution in [3.8, 4) is 0 Å². The van der Waals surface area contributed by atoms with Crippen LogP contribution in [-0.2, 0) is 6.54 Å². The summed E-state index contributed by atoms with van der Waals surface area (Å²) < 4.78 is 0. The van der Waals surface area contributed by atoms with Gasteiger partial charge in [0.05, 0.1) is 0 Å². The molecule has 0 fully saturated rings. The third-order valence-electron chi connectivity index (χ3n) is 3.35. The summed E-state index contributed by atoms with van der Waals surface area (Å²) in [6, 6.07) is 17.6. The smallest absolute Gasteiger partial charge is 0.0297 e. The number of nitrogens with one attached hydrogen (secondary N) is 1. The van der Waals surface area contributed by atoms with Crippen molar-refractivity contribution in [1.82, 2.24) is 5.32 Å². The van der Waals surface area contributed by atoms with E-state index in [1.165, 1.54) is 22.3 Å². The molecule has 0 aliphatic heterocycles. The topological polar surface area (TPSA) is 12.0 Å². The summed E-state index contributed by atoms with van der Waals surface area (Å²) in [4.78, 5) is 0. The monoisotopic (exact) mass is 239 g/mol. The lowest BCUT2D eigenvalue weighted by Gasteiger charge is -2.16. The highest BCUT2D eigenvalue weighted by atomic mass is 14.9. The summed E-state index contributed by atoms with van der Waals surface area (Å²) in [5.41, 5.74) is 5.39. The van der Waals surface area contributed by atoms with Gasteiger partial charge in [-0.25, -0.2) is 0 Å². The van der Waals surface area contributed by atoms with Crippen LogP contribution >= 0.6 is 0 Å². The second-order valence-electron chi connectivity index (χ2n) is 4.95. The molecule has 94 valence electrons. The van der Waals surface area contributed by atoms with Gasteiger partial charge >= 0.3 is 0 Å². The fourth-order valence-electron chi connectivity index (χ4n) is 2.28. The first kappa shape index (κ1) is 12.8. The minimum atomic E-state index is 0.381. The van der Waals surface area contributed by atoms with E-state index in [1.807, 2.05) is 0 Å². The summed E-state index contributed by atoms with van der Waals surface area (Å²) in [6.07, 6.45) is 0. The fraction of sp³-hybridized carbons (Fsp3) is 0.294. The molecule has 0 aromatic heterocycles. The van der Waals surface area contributed by atoms with Crippen LogP contribution in [0.4, 0.5) is 0 Å². The second kappa shape index (κ2) is 5.83. The first-order chi connectivity index (χ1) is 8.66. The summed E-state index contributed by atoms with van der Waals surface area (Å²) in [5, 5.41) is 3.58. The van der Waals surface area contributed by atoms with E-state index in [2.05, 4.69) is 74.6 Å². The molecule has 0 spiro atoms. The Kier molecular flexibility index (Phi) is 4.16. The number of rotatable bonds is 4. The van der Waals surface area contributed by atoms with Gasteiger partial charge in [0.25, 0.3) is 0 Å². The van der Waals surface area contributed by atoms with Crippen molar-refractivity contribution in [1.29, 1.82) is 0 Å². The van der Waals surface area contributed by atoms with E-state index in [4.69, 9.17) is 0 Å². The number of hydrogen-bond acceptors (Lipinski definition) is 1. The quantitative estimate of drug-likeness (QED) is 0.845. The highest BCUT2D eigenvalue weighted by molar-refractivity contribution is 5.28. The van der Waals surface area contributed by atoms with Gasteiger partial charge in [-0.3, -0.25) is 0 Å². The van der Waals surface area contributed by atoms with E-state index in [0.717, 1.165) is 6.54 Å². The van der Waals surface area contributed by atoms with Gasteiger partial charge in [0.1, 0.15) is 0 Å². The second-order valence-corrected chi connectivity index (χ2v) is 4.95. The van der Waals surface area contributed by atoms with Crippen LogP contribution in [0.25, 0.3) is 0 Å². The highest BCUT2D eigenvalue weighted by Crippen LogP contribution is 2.17. The van der Waals surface area contributed by atoms with Crippen LogP contribution in [0.15, 0.2) is 48.5 Å². The Hall–Kier alpha value is -1.60. The zero-order chi connectivity index (χ0) is 13.0. The molecular formula is C17H21N. The van der Waals surface area contributed by atoms with Crippen LogP contribution in [0.3, 0.4) is 0 Å². The molecule has 0 unspecified atom stereocenters. The van der Waals surface area contributed by atoms with E-state index in [0.29, 0.717) is 6.04 Å². The molecule has 1 nitrogen and oxygen atoms in total. The van der Waals surface area contributed by atoms with Gasteiger partial charge in [-0.05, 0) is 37.5 Å². The Morgan fingerprint density at radius 2 is 1.78 bits per heavy atom. The molecule has 0 radical (unpaired) electrons. The van der Waals surface area contributed by atoms with Crippen LogP contribution in [0, 0.1) is 13.8 Å². The van der Waals surface area contributed by atoms with Crippen LogP contribution in [0.5, 0.6) is 0 Å². The summed E-state index contributed by atoms with van der Waals surface area (Å²) in [6.45, 7) is 7.43. The molecule has 1 atom stereocenters. The van der Waals surface area contributed by atoms with Crippen molar-refractivity contribution >= 4 is 0 Å². The van der Waals surface area contributed by atoms with E-state index >= 15 is 0 Å². The number of aryl methyl sites for hydroxylation is 2. The van der Waals surface area contributed by atoms with Crippen LogP contribution in [-0.4, -0.2) is 0 Å². The van der Waals surface area contributed by atoms with Crippen molar-refractivity contribution < 1.29 is 0 Å².